The quantitative estimate of drug-likeness (QED) is 0.495. The lowest BCUT2D eigenvalue weighted by Gasteiger charge is -2.12. The summed E-state index contributed by atoms with van der Waals surface area (Å²) in [6.45, 7) is 2.75. The fourth-order valence-electron chi connectivity index (χ4n) is 3.75. The number of rotatable bonds is 6. The van der Waals surface area contributed by atoms with Crippen molar-refractivity contribution in [2.75, 3.05) is 7.11 Å². The number of ether oxygens (including phenoxy) is 1. The van der Waals surface area contributed by atoms with Crippen molar-refractivity contribution < 1.29 is 4.74 Å². The van der Waals surface area contributed by atoms with Crippen molar-refractivity contribution in [3.63, 3.8) is 0 Å². The second-order valence-electron chi connectivity index (χ2n) is 7.18. The Morgan fingerprint density at radius 3 is 2.37 bits per heavy atom. The van der Waals surface area contributed by atoms with E-state index >= 15 is 0 Å². The van der Waals surface area contributed by atoms with Crippen LogP contribution in [0.25, 0.3) is 22.6 Å². The molecule has 0 atom stereocenters. The molecule has 0 radical (unpaired) electrons. The molecule has 4 aromatic rings. The van der Waals surface area contributed by atoms with Gasteiger partial charge in [-0.25, -0.2) is 9.78 Å². The molecule has 2 aromatic carbocycles. The Balaban J connectivity index is 2.10. The van der Waals surface area contributed by atoms with Crippen molar-refractivity contribution in [2.45, 2.75) is 26.4 Å². The van der Waals surface area contributed by atoms with Gasteiger partial charge in [-0.05, 0) is 24.1 Å². The molecule has 154 valence electrons. The third-order valence-electron chi connectivity index (χ3n) is 5.21. The van der Waals surface area contributed by atoms with Crippen LogP contribution < -0.4 is 16.0 Å². The monoisotopic (exact) mass is 404 g/mol. The first-order valence-corrected chi connectivity index (χ1v) is 9.94. The predicted octanol–water partition coefficient (Wildman–Crippen LogP) is 3.03. The lowest BCUT2D eigenvalue weighted by molar-refractivity contribution is 0.416. The van der Waals surface area contributed by atoms with E-state index in [-0.39, 0.29) is 11.2 Å². The van der Waals surface area contributed by atoms with Crippen molar-refractivity contribution in [3.8, 4) is 17.1 Å². The number of nitrogens with zero attached hydrogens (tertiary/aromatic N) is 4. The van der Waals surface area contributed by atoms with Crippen LogP contribution in [-0.2, 0) is 20.1 Å². The molecule has 0 aliphatic carbocycles. The van der Waals surface area contributed by atoms with E-state index in [0.29, 0.717) is 42.2 Å². The van der Waals surface area contributed by atoms with E-state index in [1.165, 1.54) is 9.13 Å². The molecular formula is C23H24N4O3. The number of fused-ring (bicyclic) bond motifs is 1. The zero-order valence-electron chi connectivity index (χ0n) is 17.3. The van der Waals surface area contributed by atoms with E-state index < -0.39 is 0 Å². The smallest absolute Gasteiger partial charge is 0.332 e. The van der Waals surface area contributed by atoms with Gasteiger partial charge in [0.2, 0.25) is 0 Å². The fourth-order valence-corrected chi connectivity index (χ4v) is 3.75. The third-order valence-corrected chi connectivity index (χ3v) is 5.21. The first kappa shape index (κ1) is 19.7. The van der Waals surface area contributed by atoms with E-state index in [1.54, 1.807) is 14.2 Å². The molecule has 0 N–H and O–H groups in total. The van der Waals surface area contributed by atoms with Gasteiger partial charge in [-0.3, -0.25) is 13.9 Å². The Bertz CT molecular complexity index is 1320. The van der Waals surface area contributed by atoms with Gasteiger partial charge in [0, 0.05) is 20.1 Å². The molecule has 30 heavy (non-hydrogen) atoms. The minimum absolute atomic E-state index is 0.320. The second-order valence-corrected chi connectivity index (χ2v) is 7.18. The predicted molar refractivity (Wildman–Crippen MR) is 117 cm³/mol. The van der Waals surface area contributed by atoms with Gasteiger partial charge in [0.15, 0.2) is 11.2 Å². The van der Waals surface area contributed by atoms with E-state index in [1.807, 2.05) is 66.1 Å². The van der Waals surface area contributed by atoms with Crippen LogP contribution in [0, 0.1) is 0 Å². The topological polar surface area (TPSA) is 71.1 Å². The Morgan fingerprint density at radius 1 is 0.967 bits per heavy atom. The molecule has 2 heterocycles. The minimum Gasteiger partial charge on any atom is -0.496 e. The summed E-state index contributed by atoms with van der Waals surface area (Å²) >= 11 is 0. The largest absolute Gasteiger partial charge is 0.496 e. The average molecular weight is 404 g/mol. The van der Waals surface area contributed by atoms with E-state index in [4.69, 9.17) is 9.72 Å². The Morgan fingerprint density at radius 2 is 1.67 bits per heavy atom. The van der Waals surface area contributed by atoms with E-state index in [9.17, 15) is 9.59 Å². The SMILES string of the molecule is CCCn1c(=O)c2c(nc(-c3ccccc3OC)n2Cc2ccccc2)n(C)c1=O. The molecule has 0 aliphatic rings. The summed E-state index contributed by atoms with van der Waals surface area (Å²) < 4.78 is 10.2. The van der Waals surface area contributed by atoms with Crippen LogP contribution in [0.2, 0.25) is 0 Å². The number of methoxy groups -OCH3 is 1. The maximum atomic E-state index is 13.4. The Hall–Kier alpha value is -3.61. The molecule has 0 saturated heterocycles. The third kappa shape index (κ3) is 3.22. The number of aromatic nitrogens is 4. The summed E-state index contributed by atoms with van der Waals surface area (Å²) in [7, 11) is 3.26. The highest BCUT2D eigenvalue weighted by molar-refractivity contribution is 5.79. The molecule has 4 rings (SSSR count). The van der Waals surface area contributed by atoms with Crippen molar-refractivity contribution >= 4 is 11.2 Å². The molecule has 0 amide bonds. The number of aryl methyl sites for hydroxylation is 1. The Labute approximate surface area is 173 Å². The zero-order chi connectivity index (χ0) is 21.3. The highest BCUT2D eigenvalue weighted by Crippen LogP contribution is 2.31. The van der Waals surface area contributed by atoms with Gasteiger partial charge in [-0.15, -0.1) is 0 Å². The van der Waals surface area contributed by atoms with Gasteiger partial charge >= 0.3 is 5.69 Å². The lowest BCUT2D eigenvalue weighted by Crippen LogP contribution is -2.39. The summed E-state index contributed by atoms with van der Waals surface area (Å²) in [6, 6.07) is 17.4. The summed E-state index contributed by atoms with van der Waals surface area (Å²) in [4.78, 5) is 30.9. The van der Waals surface area contributed by atoms with Crippen LogP contribution in [0.5, 0.6) is 5.75 Å². The van der Waals surface area contributed by atoms with Crippen molar-refractivity contribution in [2.24, 2.45) is 7.05 Å². The standard InChI is InChI=1S/C23H24N4O3/c1-4-14-26-22(28)19-21(25(2)23(26)29)24-20(17-12-8-9-13-18(17)30-3)27(19)15-16-10-6-5-7-11-16/h5-13H,4,14-15H2,1-3H3. The number of imidazole rings is 1. The highest BCUT2D eigenvalue weighted by Gasteiger charge is 2.22. The lowest BCUT2D eigenvalue weighted by atomic mass is 10.1. The molecule has 7 nitrogen and oxygen atoms in total. The van der Waals surface area contributed by atoms with Gasteiger partial charge in [-0.1, -0.05) is 49.4 Å². The summed E-state index contributed by atoms with van der Waals surface area (Å²) in [5, 5.41) is 0. The maximum Gasteiger partial charge on any atom is 0.332 e. The maximum absolute atomic E-state index is 13.4. The second kappa shape index (κ2) is 8.02. The van der Waals surface area contributed by atoms with Crippen molar-refractivity contribution in [3.05, 3.63) is 81.0 Å². The molecule has 0 fully saturated rings. The molecule has 0 spiro atoms. The first-order chi connectivity index (χ1) is 14.6. The van der Waals surface area contributed by atoms with Crippen LogP contribution in [0.1, 0.15) is 18.9 Å². The molecule has 0 unspecified atom stereocenters. The van der Waals surface area contributed by atoms with Crippen molar-refractivity contribution in [1.29, 1.82) is 0 Å². The zero-order valence-corrected chi connectivity index (χ0v) is 17.3. The van der Waals surface area contributed by atoms with Crippen LogP contribution in [0.15, 0.2) is 64.2 Å². The van der Waals surface area contributed by atoms with Gasteiger partial charge in [0.1, 0.15) is 11.6 Å². The Kier molecular flexibility index (Phi) is 5.27. The molecule has 2 aromatic heterocycles. The molecule has 0 bridgehead atoms. The normalized spacial score (nSPS) is 11.2. The number of hydrogen-bond donors (Lipinski definition) is 0. The summed E-state index contributed by atoms with van der Waals surface area (Å²) in [5.41, 5.74) is 1.90. The molecule has 7 heteroatoms. The van der Waals surface area contributed by atoms with Gasteiger partial charge in [0.05, 0.1) is 12.7 Å². The minimum atomic E-state index is -0.356. The van der Waals surface area contributed by atoms with Crippen LogP contribution in [0.4, 0.5) is 0 Å². The molecule has 0 aliphatic heterocycles. The van der Waals surface area contributed by atoms with Crippen LogP contribution in [-0.4, -0.2) is 25.8 Å². The van der Waals surface area contributed by atoms with E-state index in [0.717, 1.165) is 11.1 Å². The van der Waals surface area contributed by atoms with E-state index in [2.05, 4.69) is 0 Å². The molecular weight excluding hydrogens is 380 g/mol. The van der Waals surface area contributed by atoms with Crippen LogP contribution >= 0.6 is 0 Å². The van der Waals surface area contributed by atoms with Crippen LogP contribution in [0.3, 0.4) is 0 Å². The summed E-state index contributed by atoms with van der Waals surface area (Å²) in [5.74, 6) is 1.24. The number of hydrogen-bond acceptors (Lipinski definition) is 4. The summed E-state index contributed by atoms with van der Waals surface area (Å²) in [6.07, 6.45) is 0.687. The average Bonchev–Trinajstić information content (AvgIpc) is 3.15. The van der Waals surface area contributed by atoms with Crippen molar-refractivity contribution in [1.82, 2.24) is 18.7 Å². The van der Waals surface area contributed by atoms with Gasteiger partial charge in [0.25, 0.3) is 5.56 Å². The number of para-hydroxylation sites is 1. The number of benzene rings is 2. The first-order valence-electron chi connectivity index (χ1n) is 9.94. The highest BCUT2D eigenvalue weighted by atomic mass is 16.5. The van der Waals surface area contributed by atoms with Gasteiger partial charge in [-0.2, -0.15) is 0 Å². The van der Waals surface area contributed by atoms with Gasteiger partial charge < -0.3 is 9.30 Å². The molecule has 0 saturated carbocycles. The fraction of sp³-hybridized carbons (Fsp3) is 0.261.